The highest BCUT2D eigenvalue weighted by atomic mass is 16.4. The van der Waals surface area contributed by atoms with E-state index in [1.54, 1.807) is 0 Å². The molecule has 2 aliphatic rings. The predicted molar refractivity (Wildman–Crippen MR) is 68.0 cm³/mol. The maximum Gasteiger partial charge on any atom is 0.310 e. The molecule has 1 aliphatic carbocycles. The number of carboxylic acid groups (broad SMARTS) is 1. The summed E-state index contributed by atoms with van der Waals surface area (Å²) in [7, 11) is 0. The summed E-state index contributed by atoms with van der Waals surface area (Å²) >= 11 is 0. The predicted octanol–water partition coefficient (Wildman–Crippen LogP) is 2.75. The van der Waals surface area contributed by atoms with Crippen LogP contribution >= 0.6 is 0 Å². The summed E-state index contributed by atoms with van der Waals surface area (Å²) in [5.74, 6) is -0.630. The fraction of sp³-hybridized carbons (Fsp3) is 0.929. The minimum absolute atomic E-state index is 0.436. The van der Waals surface area contributed by atoms with Gasteiger partial charge in [-0.05, 0) is 44.6 Å². The fourth-order valence-electron chi connectivity index (χ4n) is 3.45. The van der Waals surface area contributed by atoms with Crippen molar-refractivity contribution in [1.82, 2.24) is 4.90 Å². The van der Waals surface area contributed by atoms with E-state index in [0.29, 0.717) is 11.5 Å². The van der Waals surface area contributed by atoms with Crippen molar-refractivity contribution in [2.45, 2.75) is 58.9 Å². The summed E-state index contributed by atoms with van der Waals surface area (Å²) < 4.78 is 0. The molecule has 1 aliphatic heterocycles. The van der Waals surface area contributed by atoms with Crippen molar-refractivity contribution >= 4 is 5.97 Å². The first-order chi connectivity index (χ1) is 7.82. The zero-order valence-electron chi connectivity index (χ0n) is 11.3. The topological polar surface area (TPSA) is 40.5 Å². The number of nitrogens with zero attached hydrogens (tertiary/aromatic N) is 1. The summed E-state index contributed by atoms with van der Waals surface area (Å²) in [6.45, 7) is 8.27. The summed E-state index contributed by atoms with van der Waals surface area (Å²) in [4.78, 5) is 13.7. The molecule has 0 aromatic rings. The van der Waals surface area contributed by atoms with Crippen LogP contribution in [0, 0.1) is 10.8 Å². The molecular formula is C14H25NO2. The van der Waals surface area contributed by atoms with Gasteiger partial charge in [0.1, 0.15) is 0 Å². The molecule has 1 saturated carbocycles. The number of carboxylic acids is 1. The minimum Gasteiger partial charge on any atom is -0.481 e. The standard InChI is InChI=1S/C14H25NO2/c1-13(2)6-4-5-11(9-13)15-8-7-14(3,10-15)12(16)17/h11H,4-10H2,1-3H3,(H,16,17). The van der Waals surface area contributed by atoms with Crippen molar-refractivity contribution in [2.24, 2.45) is 10.8 Å². The molecule has 1 saturated heterocycles. The number of rotatable bonds is 2. The van der Waals surface area contributed by atoms with Gasteiger partial charge in [-0.15, -0.1) is 0 Å². The Balaban J connectivity index is 1.99. The average molecular weight is 239 g/mol. The Morgan fingerprint density at radius 3 is 2.53 bits per heavy atom. The maximum atomic E-state index is 11.3. The van der Waals surface area contributed by atoms with Crippen LogP contribution in [0.1, 0.15) is 52.9 Å². The zero-order chi connectivity index (χ0) is 12.7. The van der Waals surface area contributed by atoms with Gasteiger partial charge in [-0.3, -0.25) is 9.69 Å². The highest BCUT2D eigenvalue weighted by Gasteiger charge is 2.43. The molecule has 1 heterocycles. The fourth-order valence-corrected chi connectivity index (χ4v) is 3.45. The molecule has 0 bridgehead atoms. The van der Waals surface area contributed by atoms with E-state index in [0.717, 1.165) is 19.5 Å². The molecule has 2 rings (SSSR count). The molecule has 0 aromatic heterocycles. The van der Waals surface area contributed by atoms with Gasteiger partial charge in [0, 0.05) is 12.6 Å². The van der Waals surface area contributed by atoms with Crippen LogP contribution in [0.4, 0.5) is 0 Å². The maximum absolute atomic E-state index is 11.3. The van der Waals surface area contributed by atoms with E-state index in [4.69, 9.17) is 0 Å². The van der Waals surface area contributed by atoms with E-state index >= 15 is 0 Å². The highest BCUT2D eigenvalue weighted by Crippen LogP contribution is 2.40. The van der Waals surface area contributed by atoms with Crippen molar-refractivity contribution in [1.29, 1.82) is 0 Å². The molecule has 3 heteroatoms. The van der Waals surface area contributed by atoms with Gasteiger partial charge in [0.05, 0.1) is 5.41 Å². The van der Waals surface area contributed by atoms with Crippen LogP contribution in [0.3, 0.4) is 0 Å². The second-order valence-corrected chi connectivity index (χ2v) is 7.00. The Bertz CT molecular complexity index is 313. The molecule has 0 radical (unpaired) electrons. The largest absolute Gasteiger partial charge is 0.481 e. The molecular weight excluding hydrogens is 214 g/mol. The second-order valence-electron chi connectivity index (χ2n) is 7.00. The molecule has 2 atom stereocenters. The van der Waals surface area contributed by atoms with Gasteiger partial charge in [0.15, 0.2) is 0 Å². The summed E-state index contributed by atoms with van der Waals surface area (Å²) in [5.41, 5.74) is -0.0767. The van der Waals surface area contributed by atoms with E-state index in [-0.39, 0.29) is 0 Å². The number of carbonyl (C=O) groups is 1. The molecule has 3 nitrogen and oxygen atoms in total. The third-order valence-electron chi connectivity index (χ3n) is 4.71. The normalized spacial score (nSPS) is 38.2. The van der Waals surface area contributed by atoms with Gasteiger partial charge < -0.3 is 5.11 Å². The van der Waals surface area contributed by atoms with Crippen LogP contribution in [0.2, 0.25) is 0 Å². The van der Waals surface area contributed by atoms with E-state index in [1.165, 1.54) is 25.7 Å². The first kappa shape index (κ1) is 12.9. The first-order valence-corrected chi connectivity index (χ1v) is 6.80. The number of hydrogen-bond acceptors (Lipinski definition) is 2. The quantitative estimate of drug-likeness (QED) is 0.805. The zero-order valence-corrected chi connectivity index (χ0v) is 11.3. The van der Waals surface area contributed by atoms with Gasteiger partial charge in [0.25, 0.3) is 0 Å². The third kappa shape index (κ3) is 2.65. The molecule has 17 heavy (non-hydrogen) atoms. The lowest BCUT2D eigenvalue weighted by molar-refractivity contribution is -0.147. The summed E-state index contributed by atoms with van der Waals surface area (Å²) in [6.07, 6.45) is 5.88. The molecule has 0 spiro atoms. The third-order valence-corrected chi connectivity index (χ3v) is 4.71. The lowest BCUT2D eigenvalue weighted by Crippen LogP contribution is -2.41. The Morgan fingerprint density at radius 1 is 1.29 bits per heavy atom. The Hall–Kier alpha value is -0.570. The van der Waals surface area contributed by atoms with Gasteiger partial charge >= 0.3 is 5.97 Å². The summed E-state index contributed by atoms with van der Waals surface area (Å²) in [6, 6.07) is 0.611. The van der Waals surface area contributed by atoms with Gasteiger partial charge in [0.2, 0.25) is 0 Å². The molecule has 2 unspecified atom stereocenters. The smallest absolute Gasteiger partial charge is 0.310 e. The highest BCUT2D eigenvalue weighted by molar-refractivity contribution is 5.74. The van der Waals surface area contributed by atoms with E-state index in [1.807, 2.05) is 6.92 Å². The Labute approximate surface area is 104 Å². The molecule has 98 valence electrons. The Morgan fingerprint density at radius 2 is 2.00 bits per heavy atom. The van der Waals surface area contributed by atoms with Crippen molar-refractivity contribution < 1.29 is 9.90 Å². The van der Waals surface area contributed by atoms with Crippen LogP contribution in [0.5, 0.6) is 0 Å². The van der Waals surface area contributed by atoms with Crippen molar-refractivity contribution in [3.05, 3.63) is 0 Å². The SMILES string of the molecule is CC1(C)CCCC(N2CCC(C)(C(=O)O)C2)C1. The number of likely N-dealkylation sites (tertiary alicyclic amines) is 1. The van der Waals surface area contributed by atoms with Crippen molar-refractivity contribution in [3.63, 3.8) is 0 Å². The van der Waals surface area contributed by atoms with Crippen LogP contribution in [-0.4, -0.2) is 35.1 Å². The monoisotopic (exact) mass is 239 g/mol. The first-order valence-electron chi connectivity index (χ1n) is 6.80. The molecule has 2 fully saturated rings. The second kappa shape index (κ2) is 4.27. The Kier molecular flexibility index (Phi) is 3.23. The van der Waals surface area contributed by atoms with Crippen LogP contribution in [0.25, 0.3) is 0 Å². The van der Waals surface area contributed by atoms with Crippen molar-refractivity contribution in [2.75, 3.05) is 13.1 Å². The molecule has 1 N–H and O–H groups in total. The van der Waals surface area contributed by atoms with Crippen LogP contribution in [-0.2, 0) is 4.79 Å². The van der Waals surface area contributed by atoms with Gasteiger partial charge in [-0.2, -0.15) is 0 Å². The van der Waals surface area contributed by atoms with Crippen LogP contribution in [0.15, 0.2) is 0 Å². The molecule has 0 amide bonds. The minimum atomic E-state index is -0.630. The summed E-state index contributed by atoms with van der Waals surface area (Å²) in [5, 5.41) is 9.26. The number of aliphatic carboxylic acids is 1. The van der Waals surface area contributed by atoms with E-state index in [2.05, 4.69) is 18.7 Å². The molecule has 0 aromatic carbocycles. The van der Waals surface area contributed by atoms with Gasteiger partial charge in [-0.25, -0.2) is 0 Å². The lowest BCUT2D eigenvalue weighted by Gasteiger charge is -2.40. The number of hydrogen-bond donors (Lipinski definition) is 1. The average Bonchev–Trinajstić information content (AvgIpc) is 2.61. The van der Waals surface area contributed by atoms with Crippen molar-refractivity contribution in [3.8, 4) is 0 Å². The van der Waals surface area contributed by atoms with E-state index < -0.39 is 11.4 Å². The van der Waals surface area contributed by atoms with Crippen LogP contribution < -0.4 is 0 Å². The van der Waals surface area contributed by atoms with E-state index in [9.17, 15) is 9.90 Å². The van der Waals surface area contributed by atoms with Gasteiger partial charge in [-0.1, -0.05) is 20.3 Å². The lowest BCUT2D eigenvalue weighted by atomic mass is 9.74.